The smallest absolute Gasteiger partial charge is 0.338 e. The molecule has 2 heterocycles. The minimum Gasteiger partial charge on any atom is -0.338 e. The fraction of sp³-hybridized carbons (Fsp3) is 0.812. The molecule has 1 atom stereocenters. The van der Waals surface area contributed by atoms with Gasteiger partial charge in [0.05, 0.1) is 12.5 Å². The lowest BCUT2D eigenvalue weighted by Gasteiger charge is -2.27. The van der Waals surface area contributed by atoms with E-state index < -0.39 is 12.1 Å². The second-order valence-electron chi connectivity index (χ2n) is 7.01. The number of hydrogen-bond donors (Lipinski definition) is 0. The summed E-state index contributed by atoms with van der Waals surface area (Å²) in [6.45, 7) is 0.0619. The van der Waals surface area contributed by atoms with E-state index in [1.165, 1.54) is 23.8 Å². The van der Waals surface area contributed by atoms with Crippen molar-refractivity contribution in [3.63, 3.8) is 0 Å². The molecule has 0 saturated heterocycles. The summed E-state index contributed by atoms with van der Waals surface area (Å²) >= 11 is 0. The molecule has 0 radical (unpaired) electrons. The third kappa shape index (κ3) is 3.72. The minimum absolute atomic E-state index is 0.0161. The van der Waals surface area contributed by atoms with Crippen LogP contribution in [0.5, 0.6) is 0 Å². The van der Waals surface area contributed by atoms with Gasteiger partial charge in [-0.2, -0.15) is 13.2 Å². The van der Waals surface area contributed by atoms with Gasteiger partial charge in [0.1, 0.15) is 5.82 Å². The standard InChI is InChI=1S/C16H23F3N4O/c1-22(15(24)8-5-11-3-2-4-11)10-14-21-20-13-7-6-12(9-23(13)14)16(17,18)19/h11-12H,2-10H2,1H3. The molecule has 1 aliphatic heterocycles. The first kappa shape index (κ1) is 17.2. The Hall–Kier alpha value is -1.60. The summed E-state index contributed by atoms with van der Waals surface area (Å²) in [5.74, 6) is 0.344. The Morgan fingerprint density at radius 1 is 1.29 bits per heavy atom. The van der Waals surface area contributed by atoms with Gasteiger partial charge in [-0.25, -0.2) is 0 Å². The molecular formula is C16H23F3N4O. The lowest BCUT2D eigenvalue weighted by atomic mass is 9.82. The number of rotatable bonds is 5. The van der Waals surface area contributed by atoms with Gasteiger partial charge >= 0.3 is 6.18 Å². The van der Waals surface area contributed by atoms with Crippen LogP contribution in [-0.2, 0) is 24.3 Å². The highest BCUT2D eigenvalue weighted by atomic mass is 19.4. The van der Waals surface area contributed by atoms with E-state index in [0.717, 1.165) is 6.42 Å². The monoisotopic (exact) mass is 344 g/mol. The molecule has 0 N–H and O–H groups in total. The average molecular weight is 344 g/mol. The second kappa shape index (κ2) is 6.72. The van der Waals surface area contributed by atoms with Crippen LogP contribution < -0.4 is 0 Å². The van der Waals surface area contributed by atoms with Gasteiger partial charge in [-0.1, -0.05) is 19.3 Å². The molecule has 0 aromatic carbocycles. The third-order valence-electron chi connectivity index (χ3n) is 5.28. The number of aromatic nitrogens is 3. The van der Waals surface area contributed by atoms with Crippen LogP contribution in [0.25, 0.3) is 0 Å². The Balaban J connectivity index is 1.59. The molecular weight excluding hydrogens is 321 g/mol. The molecule has 1 amide bonds. The Morgan fingerprint density at radius 2 is 2.04 bits per heavy atom. The summed E-state index contributed by atoms with van der Waals surface area (Å²) in [6, 6.07) is 0. The first-order valence-corrected chi connectivity index (χ1v) is 8.56. The highest BCUT2D eigenvalue weighted by Gasteiger charge is 2.42. The zero-order valence-electron chi connectivity index (χ0n) is 13.8. The molecule has 8 heteroatoms. The van der Waals surface area contributed by atoms with Crippen LogP contribution in [0.2, 0.25) is 0 Å². The Labute approximate surface area is 139 Å². The van der Waals surface area contributed by atoms with Crippen molar-refractivity contribution in [1.29, 1.82) is 0 Å². The summed E-state index contributed by atoms with van der Waals surface area (Å²) in [6.07, 6.45) is 1.17. The van der Waals surface area contributed by atoms with Crippen molar-refractivity contribution in [2.75, 3.05) is 7.05 Å². The van der Waals surface area contributed by atoms with Crippen LogP contribution in [0, 0.1) is 11.8 Å². The predicted octanol–water partition coefficient (Wildman–Crippen LogP) is 2.94. The summed E-state index contributed by atoms with van der Waals surface area (Å²) in [4.78, 5) is 13.7. The highest BCUT2D eigenvalue weighted by molar-refractivity contribution is 5.75. The Morgan fingerprint density at radius 3 is 2.67 bits per heavy atom. The van der Waals surface area contributed by atoms with Crippen molar-refractivity contribution in [3.8, 4) is 0 Å². The Bertz CT molecular complexity index is 595. The summed E-state index contributed by atoms with van der Waals surface area (Å²) in [5, 5.41) is 8.00. The van der Waals surface area contributed by atoms with Crippen molar-refractivity contribution < 1.29 is 18.0 Å². The molecule has 134 valence electrons. The number of fused-ring (bicyclic) bond motifs is 1. The lowest BCUT2D eigenvalue weighted by molar-refractivity contribution is -0.182. The van der Waals surface area contributed by atoms with Gasteiger partial charge in [-0.05, 0) is 18.8 Å². The summed E-state index contributed by atoms with van der Waals surface area (Å²) in [7, 11) is 1.68. The largest absolute Gasteiger partial charge is 0.393 e. The van der Waals surface area contributed by atoms with E-state index in [1.807, 2.05) is 0 Å². The van der Waals surface area contributed by atoms with Crippen LogP contribution in [-0.4, -0.2) is 38.8 Å². The number of carbonyl (C=O) groups is 1. The van der Waals surface area contributed by atoms with E-state index in [-0.39, 0.29) is 31.8 Å². The van der Waals surface area contributed by atoms with Crippen molar-refractivity contribution in [2.45, 2.75) is 64.2 Å². The number of halogens is 3. The van der Waals surface area contributed by atoms with Gasteiger partial charge in [0.25, 0.3) is 0 Å². The maximum absolute atomic E-state index is 13.0. The normalized spacial score (nSPS) is 21.2. The van der Waals surface area contributed by atoms with Crippen molar-refractivity contribution >= 4 is 5.91 Å². The van der Waals surface area contributed by atoms with E-state index in [0.29, 0.717) is 24.0 Å². The fourth-order valence-electron chi connectivity index (χ4n) is 3.37. The van der Waals surface area contributed by atoms with Crippen LogP contribution in [0.4, 0.5) is 13.2 Å². The second-order valence-corrected chi connectivity index (χ2v) is 7.01. The quantitative estimate of drug-likeness (QED) is 0.825. The number of alkyl halides is 3. The van der Waals surface area contributed by atoms with Gasteiger partial charge in [-0.3, -0.25) is 4.79 Å². The first-order chi connectivity index (χ1) is 11.3. The minimum atomic E-state index is -4.20. The van der Waals surface area contributed by atoms with Crippen LogP contribution in [0.15, 0.2) is 0 Å². The third-order valence-corrected chi connectivity index (χ3v) is 5.28. The van der Waals surface area contributed by atoms with Gasteiger partial charge in [0, 0.05) is 26.4 Å². The number of amides is 1. The van der Waals surface area contributed by atoms with Gasteiger partial charge in [-0.15, -0.1) is 10.2 Å². The Kier molecular flexibility index (Phi) is 4.83. The summed E-state index contributed by atoms with van der Waals surface area (Å²) < 4.78 is 40.4. The fourth-order valence-corrected chi connectivity index (χ4v) is 3.37. The molecule has 5 nitrogen and oxygen atoms in total. The first-order valence-electron chi connectivity index (χ1n) is 8.56. The molecule has 3 rings (SSSR count). The molecule has 24 heavy (non-hydrogen) atoms. The molecule has 1 aromatic heterocycles. The van der Waals surface area contributed by atoms with Crippen LogP contribution >= 0.6 is 0 Å². The van der Waals surface area contributed by atoms with Gasteiger partial charge in [0.15, 0.2) is 5.82 Å². The molecule has 1 aliphatic carbocycles. The van der Waals surface area contributed by atoms with Crippen LogP contribution in [0.3, 0.4) is 0 Å². The van der Waals surface area contributed by atoms with E-state index in [9.17, 15) is 18.0 Å². The van der Waals surface area contributed by atoms with Crippen molar-refractivity contribution in [1.82, 2.24) is 19.7 Å². The molecule has 1 unspecified atom stereocenters. The highest BCUT2D eigenvalue weighted by Crippen LogP contribution is 2.34. The number of nitrogens with zero attached hydrogens (tertiary/aromatic N) is 4. The number of carbonyl (C=O) groups excluding carboxylic acids is 1. The molecule has 1 saturated carbocycles. The maximum atomic E-state index is 13.0. The molecule has 1 aromatic rings. The lowest BCUT2D eigenvalue weighted by Crippen LogP contribution is -2.34. The van der Waals surface area contributed by atoms with Crippen LogP contribution in [0.1, 0.15) is 50.2 Å². The van der Waals surface area contributed by atoms with Gasteiger partial charge < -0.3 is 9.47 Å². The maximum Gasteiger partial charge on any atom is 0.393 e. The molecule has 0 bridgehead atoms. The number of hydrogen-bond acceptors (Lipinski definition) is 3. The molecule has 2 aliphatic rings. The predicted molar refractivity (Wildman–Crippen MR) is 80.9 cm³/mol. The van der Waals surface area contributed by atoms with Crippen molar-refractivity contribution in [2.24, 2.45) is 11.8 Å². The van der Waals surface area contributed by atoms with Crippen molar-refractivity contribution in [3.05, 3.63) is 11.6 Å². The van der Waals surface area contributed by atoms with E-state index in [2.05, 4.69) is 10.2 Å². The molecule has 0 spiro atoms. The number of aryl methyl sites for hydroxylation is 1. The topological polar surface area (TPSA) is 51.0 Å². The molecule has 1 fully saturated rings. The van der Waals surface area contributed by atoms with E-state index >= 15 is 0 Å². The average Bonchev–Trinajstić information content (AvgIpc) is 2.87. The van der Waals surface area contributed by atoms with E-state index in [1.54, 1.807) is 11.9 Å². The SMILES string of the molecule is CN(Cc1nnc2n1CC(C(F)(F)F)CC2)C(=O)CCC1CCC1. The van der Waals surface area contributed by atoms with E-state index in [4.69, 9.17) is 0 Å². The zero-order valence-corrected chi connectivity index (χ0v) is 13.8. The van der Waals surface area contributed by atoms with Gasteiger partial charge in [0.2, 0.25) is 5.91 Å². The zero-order chi connectivity index (χ0) is 17.3. The summed E-state index contributed by atoms with van der Waals surface area (Å²) in [5.41, 5.74) is 0.